The van der Waals surface area contributed by atoms with Gasteiger partial charge in [0.2, 0.25) is 0 Å². The van der Waals surface area contributed by atoms with Crippen LogP contribution in [0.5, 0.6) is 0 Å². The highest BCUT2D eigenvalue weighted by molar-refractivity contribution is 5.92. The Balaban J connectivity index is 2.65. The molecule has 0 atom stereocenters. The Morgan fingerprint density at radius 1 is 1.44 bits per heavy atom. The topological polar surface area (TPSA) is 68.0 Å². The minimum Gasteiger partial charge on any atom is -0.348 e. The lowest BCUT2D eigenvalue weighted by molar-refractivity contribution is 0.0930. The number of nitrogens with one attached hydrogen (secondary N) is 1. The van der Waals surface area contributed by atoms with Crippen molar-refractivity contribution in [2.75, 3.05) is 0 Å². The van der Waals surface area contributed by atoms with Crippen molar-refractivity contribution in [3.05, 3.63) is 29.6 Å². The van der Waals surface area contributed by atoms with Gasteiger partial charge >= 0.3 is 0 Å². The Bertz CT molecular complexity index is 331. The Kier molecular flexibility index (Phi) is 4.92. The van der Waals surface area contributed by atoms with E-state index in [1.165, 1.54) is 0 Å². The second-order valence-electron chi connectivity index (χ2n) is 3.74. The van der Waals surface area contributed by atoms with Crippen LogP contribution in [0, 0.1) is 0 Å². The third-order valence-corrected chi connectivity index (χ3v) is 2.61. The van der Waals surface area contributed by atoms with Crippen molar-refractivity contribution in [2.45, 2.75) is 39.3 Å². The number of rotatable bonds is 5. The van der Waals surface area contributed by atoms with Crippen molar-refractivity contribution in [3.8, 4) is 0 Å². The highest BCUT2D eigenvalue weighted by atomic mass is 16.1. The zero-order valence-electron chi connectivity index (χ0n) is 9.86. The molecule has 0 saturated carbocycles. The van der Waals surface area contributed by atoms with Crippen LogP contribution >= 0.6 is 0 Å². The Hall–Kier alpha value is -1.42. The minimum absolute atomic E-state index is 0.114. The fourth-order valence-corrected chi connectivity index (χ4v) is 1.43. The van der Waals surface area contributed by atoms with Crippen LogP contribution in [0.1, 0.15) is 42.7 Å². The number of hydrogen-bond donors (Lipinski definition) is 2. The summed E-state index contributed by atoms with van der Waals surface area (Å²) in [6, 6.07) is 3.76. The van der Waals surface area contributed by atoms with E-state index >= 15 is 0 Å². The predicted molar refractivity (Wildman–Crippen MR) is 64.0 cm³/mol. The van der Waals surface area contributed by atoms with Gasteiger partial charge in [0.05, 0.1) is 0 Å². The van der Waals surface area contributed by atoms with E-state index in [4.69, 9.17) is 5.73 Å². The van der Waals surface area contributed by atoms with Crippen LogP contribution in [0.2, 0.25) is 0 Å². The second-order valence-corrected chi connectivity index (χ2v) is 3.74. The molecule has 88 valence electrons. The number of aromatic nitrogens is 1. The molecule has 0 radical (unpaired) electrons. The van der Waals surface area contributed by atoms with Gasteiger partial charge in [-0.1, -0.05) is 19.9 Å². The molecule has 1 rings (SSSR count). The van der Waals surface area contributed by atoms with Crippen molar-refractivity contribution >= 4 is 5.91 Å². The molecule has 4 nitrogen and oxygen atoms in total. The molecule has 0 aromatic carbocycles. The average molecular weight is 221 g/mol. The fourth-order valence-electron chi connectivity index (χ4n) is 1.43. The van der Waals surface area contributed by atoms with Gasteiger partial charge in [0, 0.05) is 18.8 Å². The van der Waals surface area contributed by atoms with Gasteiger partial charge in [-0.05, 0) is 24.5 Å². The summed E-state index contributed by atoms with van der Waals surface area (Å²) in [6.07, 6.45) is 3.51. The maximum absolute atomic E-state index is 11.8. The first-order valence-electron chi connectivity index (χ1n) is 5.67. The first kappa shape index (κ1) is 12.6. The third-order valence-electron chi connectivity index (χ3n) is 2.61. The van der Waals surface area contributed by atoms with Crippen molar-refractivity contribution < 1.29 is 4.79 Å². The van der Waals surface area contributed by atoms with E-state index < -0.39 is 0 Å². The number of nitrogens with two attached hydrogens (primary N) is 1. The van der Waals surface area contributed by atoms with E-state index in [-0.39, 0.29) is 11.9 Å². The highest BCUT2D eigenvalue weighted by Gasteiger charge is 2.11. The van der Waals surface area contributed by atoms with Gasteiger partial charge in [0.25, 0.3) is 5.91 Å². The predicted octanol–water partition coefficient (Wildman–Crippen LogP) is 1.46. The first-order chi connectivity index (χ1) is 7.71. The Morgan fingerprint density at radius 3 is 2.56 bits per heavy atom. The molecule has 0 aliphatic carbocycles. The normalized spacial score (nSPS) is 10.5. The van der Waals surface area contributed by atoms with Crippen molar-refractivity contribution in [2.24, 2.45) is 5.73 Å². The molecule has 0 aliphatic rings. The molecule has 1 aromatic rings. The van der Waals surface area contributed by atoms with Gasteiger partial charge in [-0.2, -0.15) is 0 Å². The van der Waals surface area contributed by atoms with Crippen molar-refractivity contribution in [3.63, 3.8) is 0 Å². The van der Waals surface area contributed by atoms with E-state index in [0.717, 1.165) is 18.4 Å². The SMILES string of the molecule is CCC(CC)NC(=O)c1ccc(CN)cn1. The number of carbonyl (C=O) groups excluding carboxylic acids is 1. The summed E-state index contributed by atoms with van der Waals surface area (Å²) in [4.78, 5) is 15.8. The third kappa shape index (κ3) is 3.31. The Labute approximate surface area is 96.3 Å². The largest absolute Gasteiger partial charge is 0.348 e. The quantitative estimate of drug-likeness (QED) is 0.791. The maximum Gasteiger partial charge on any atom is 0.270 e. The monoisotopic (exact) mass is 221 g/mol. The molecule has 1 aromatic heterocycles. The zero-order valence-corrected chi connectivity index (χ0v) is 9.86. The van der Waals surface area contributed by atoms with Gasteiger partial charge in [0.1, 0.15) is 5.69 Å². The van der Waals surface area contributed by atoms with Gasteiger partial charge in [0.15, 0.2) is 0 Å². The molecule has 1 heterocycles. The molecule has 0 spiro atoms. The molecule has 3 N–H and O–H groups in total. The number of hydrogen-bond acceptors (Lipinski definition) is 3. The minimum atomic E-state index is -0.114. The van der Waals surface area contributed by atoms with Gasteiger partial charge < -0.3 is 11.1 Å². The van der Waals surface area contributed by atoms with E-state index in [2.05, 4.69) is 24.1 Å². The molecule has 0 bridgehead atoms. The highest BCUT2D eigenvalue weighted by Crippen LogP contribution is 2.02. The van der Waals surface area contributed by atoms with Crippen LogP contribution in [0.15, 0.2) is 18.3 Å². The second kappa shape index (κ2) is 6.23. The van der Waals surface area contributed by atoms with E-state index in [1.54, 1.807) is 12.3 Å². The summed E-state index contributed by atoms with van der Waals surface area (Å²) in [6.45, 7) is 4.56. The van der Waals surface area contributed by atoms with Crippen LogP contribution in [0.3, 0.4) is 0 Å². The molecule has 0 fully saturated rings. The smallest absolute Gasteiger partial charge is 0.270 e. The molecule has 0 saturated heterocycles. The summed E-state index contributed by atoms with van der Waals surface area (Å²) < 4.78 is 0. The van der Waals surface area contributed by atoms with Crippen LogP contribution in [-0.2, 0) is 6.54 Å². The molecular weight excluding hydrogens is 202 g/mol. The molecule has 4 heteroatoms. The van der Waals surface area contributed by atoms with Crippen LogP contribution < -0.4 is 11.1 Å². The first-order valence-corrected chi connectivity index (χ1v) is 5.67. The number of amides is 1. The Morgan fingerprint density at radius 2 is 2.12 bits per heavy atom. The molecule has 16 heavy (non-hydrogen) atoms. The summed E-state index contributed by atoms with van der Waals surface area (Å²) in [7, 11) is 0. The number of nitrogens with zero attached hydrogens (tertiary/aromatic N) is 1. The number of carbonyl (C=O) groups is 1. The lowest BCUT2D eigenvalue weighted by Gasteiger charge is -2.14. The van der Waals surface area contributed by atoms with Gasteiger partial charge in [-0.3, -0.25) is 9.78 Å². The van der Waals surface area contributed by atoms with E-state index in [1.807, 2.05) is 6.07 Å². The van der Waals surface area contributed by atoms with Crippen LogP contribution in [0.4, 0.5) is 0 Å². The average Bonchev–Trinajstić information content (AvgIpc) is 2.35. The molecule has 0 aliphatic heterocycles. The maximum atomic E-state index is 11.8. The lowest BCUT2D eigenvalue weighted by atomic mass is 10.1. The van der Waals surface area contributed by atoms with Crippen molar-refractivity contribution in [1.29, 1.82) is 0 Å². The van der Waals surface area contributed by atoms with Gasteiger partial charge in [-0.25, -0.2) is 0 Å². The fraction of sp³-hybridized carbons (Fsp3) is 0.500. The van der Waals surface area contributed by atoms with Crippen LogP contribution in [-0.4, -0.2) is 16.9 Å². The summed E-state index contributed by atoms with van der Waals surface area (Å²) in [5.74, 6) is -0.114. The molecule has 1 amide bonds. The van der Waals surface area contributed by atoms with Crippen molar-refractivity contribution in [1.82, 2.24) is 10.3 Å². The lowest BCUT2D eigenvalue weighted by Crippen LogP contribution is -2.34. The summed E-state index contributed by atoms with van der Waals surface area (Å²) in [5, 5.41) is 2.94. The summed E-state index contributed by atoms with van der Waals surface area (Å²) in [5.41, 5.74) is 6.84. The van der Waals surface area contributed by atoms with E-state index in [0.29, 0.717) is 12.2 Å². The molecule has 0 unspecified atom stereocenters. The standard InChI is InChI=1S/C12H19N3O/c1-3-10(4-2)15-12(16)11-6-5-9(7-13)8-14-11/h5-6,8,10H,3-4,7,13H2,1-2H3,(H,15,16). The summed E-state index contributed by atoms with van der Waals surface area (Å²) >= 11 is 0. The zero-order chi connectivity index (χ0) is 12.0. The van der Waals surface area contributed by atoms with Gasteiger partial charge in [-0.15, -0.1) is 0 Å². The number of pyridine rings is 1. The van der Waals surface area contributed by atoms with E-state index in [9.17, 15) is 4.79 Å². The molecular formula is C12H19N3O. The van der Waals surface area contributed by atoms with Crippen LogP contribution in [0.25, 0.3) is 0 Å².